The normalized spacial score (nSPS) is 20.7. The molecule has 0 radical (unpaired) electrons. The van der Waals surface area contributed by atoms with Crippen LogP contribution >= 0.6 is 0 Å². The fraction of sp³-hybridized carbons (Fsp3) is 0.727. The fourth-order valence-electron chi connectivity index (χ4n) is 1.60. The van der Waals surface area contributed by atoms with E-state index >= 15 is 0 Å². The molecule has 0 aromatic rings. The standard InChI is InChI=1S/C11H18O2/c1-4-10(12)13-9-6-5-7-11(2,3)8-9/h8H,4-7H2,1-3H3. The van der Waals surface area contributed by atoms with Gasteiger partial charge >= 0.3 is 5.97 Å². The van der Waals surface area contributed by atoms with Gasteiger partial charge in [0.25, 0.3) is 0 Å². The third-order valence-corrected chi connectivity index (χ3v) is 2.33. The summed E-state index contributed by atoms with van der Waals surface area (Å²) in [7, 11) is 0. The van der Waals surface area contributed by atoms with Gasteiger partial charge in [-0.3, -0.25) is 4.79 Å². The van der Waals surface area contributed by atoms with Gasteiger partial charge in [0, 0.05) is 12.8 Å². The van der Waals surface area contributed by atoms with E-state index in [9.17, 15) is 4.79 Å². The molecule has 1 rings (SSSR count). The molecule has 0 aliphatic heterocycles. The van der Waals surface area contributed by atoms with Gasteiger partial charge in [-0.1, -0.05) is 20.8 Å². The maximum absolute atomic E-state index is 11.0. The number of carbonyl (C=O) groups is 1. The minimum Gasteiger partial charge on any atom is -0.431 e. The summed E-state index contributed by atoms with van der Waals surface area (Å²) >= 11 is 0. The van der Waals surface area contributed by atoms with Crippen molar-refractivity contribution in [2.45, 2.75) is 46.5 Å². The third kappa shape index (κ3) is 3.21. The minimum atomic E-state index is -0.121. The first-order valence-corrected chi connectivity index (χ1v) is 4.96. The monoisotopic (exact) mass is 182 g/mol. The van der Waals surface area contributed by atoms with Crippen LogP contribution in [0.2, 0.25) is 0 Å². The lowest BCUT2D eigenvalue weighted by molar-refractivity contribution is -0.139. The van der Waals surface area contributed by atoms with Gasteiger partial charge in [-0.25, -0.2) is 0 Å². The summed E-state index contributed by atoms with van der Waals surface area (Å²) in [6, 6.07) is 0. The number of hydrogen-bond donors (Lipinski definition) is 0. The molecule has 0 aromatic heterocycles. The lowest BCUT2D eigenvalue weighted by atomic mass is 9.82. The second-order valence-corrected chi connectivity index (χ2v) is 4.28. The largest absolute Gasteiger partial charge is 0.431 e. The Bertz CT molecular complexity index is 226. The molecular formula is C11H18O2. The second kappa shape index (κ2) is 3.95. The van der Waals surface area contributed by atoms with Crippen molar-refractivity contribution in [3.8, 4) is 0 Å². The minimum absolute atomic E-state index is 0.121. The summed E-state index contributed by atoms with van der Waals surface area (Å²) in [5.74, 6) is 0.743. The van der Waals surface area contributed by atoms with Crippen LogP contribution in [0, 0.1) is 5.41 Å². The van der Waals surface area contributed by atoms with Crippen molar-refractivity contribution in [2.75, 3.05) is 0 Å². The Morgan fingerprint density at radius 1 is 1.62 bits per heavy atom. The summed E-state index contributed by atoms with van der Waals surface area (Å²) in [4.78, 5) is 11.0. The average Bonchev–Trinajstić information content (AvgIpc) is 2.02. The van der Waals surface area contributed by atoms with Crippen LogP contribution in [-0.2, 0) is 9.53 Å². The Labute approximate surface area is 80.0 Å². The zero-order chi connectivity index (χ0) is 9.90. The van der Waals surface area contributed by atoms with Crippen LogP contribution in [0.3, 0.4) is 0 Å². The SMILES string of the molecule is CCC(=O)OC1=CC(C)(C)CCC1. The summed E-state index contributed by atoms with van der Waals surface area (Å²) in [5.41, 5.74) is 0.196. The number of ether oxygens (including phenoxy) is 1. The molecule has 1 aliphatic rings. The molecule has 0 heterocycles. The molecule has 0 saturated carbocycles. The Morgan fingerprint density at radius 3 is 2.85 bits per heavy atom. The predicted octanol–water partition coefficient (Wildman–Crippen LogP) is 3.03. The van der Waals surface area contributed by atoms with Crippen molar-refractivity contribution in [2.24, 2.45) is 5.41 Å². The quantitative estimate of drug-likeness (QED) is 0.613. The van der Waals surface area contributed by atoms with Crippen LogP contribution in [0.4, 0.5) is 0 Å². The highest BCUT2D eigenvalue weighted by molar-refractivity contribution is 5.70. The van der Waals surface area contributed by atoms with E-state index in [0.717, 1.165) is 18.6 Å². The first-order chi connectivity index (χ1) is 6.03. The molecule has 0 spiro atoms. The van der Waals surface area contributed by atoms with Crippen molar-refractivity contribution in [3.05, 3.63) is 11.8 Å². The molecule has 0 atom stereocenters. The van der Waals surface area contributed by atoms with Gasteiger partial charge in [0.1, 0.15) is 5.76 Å². The topological polar surface area (TPSA) is 26.3 Å². The number of allylic oxidation sites excluding steroid dienone is 2. The molecule has 0 aromatic carbocycles. The van der Waals surface area contributed by atoms with E-state index in [0.29, 0.717) is 6.42 Å². The van der Waals surface area contributed by atoms with E-state index in [4.69, 9.17) is 4.74 Å². The maximum Gasteiger partial charge on any atom is 0.310 e. The second-order valence-electron chi connectivity index (χ2n) is 4.28. The van der Waals surface area contributed by atoms with Crippen LogP contribution < -0.4 is 0 Å². The maximum atomic E-state index is 11.0. The van der Waals surface area contributed by atoms with Crippen molar-refractivity contribution in [1.29, 1.82) is 0 Å². The van der Waals surface area contributed by atoms with Crippen LogP contribution in [0.5, 0.6) is 0 Å². The van der Waals surface area contributed by atoms with Gasteiger partial charge in [0.2, 0.25) is 0 Å². The molecule has 13 heavy (non-hydrogen) atoms. The van der Waals surface area contributed by atoms with E-state index in [2.05, 4.69) is 19.9 Å². The summed E-state index contributed by atoms with van der Waals surface area (Å²) in [5, 5.41) is 0. The van der Waals surface area contributed by atoms with E-state index in [1.165, 1.54) is 6.42 Å². The van der Waals surface area contributed by atoms with E-state index < -0.39 is 0 Å². The van der Waals surface area contributed by atoms with Crippen molar-refractivity contribution in [3.63, 3.8) is 0 Å². The number of carbonyl (C=O) groups excluding carboxylic acids is 1. The van der Waals surface area contributed by atoms with Crippen molar-refractivity contribution in [1.82, 2.24) is 0 Å². The van der Waals surface area contributed by atoms with Crippen molar-refractivity contribution >= 4 is 5.97 Å². The first-order valence-electron chi connectivity index (χ1n) is 4.96. The molecule has 74 valence electrons. The number of esters is 1. The zero-order valence-electron chi connectivity index (χ0n) is 8.72. The highest BCUT2D eigenvalue weighted by atomic mass is 16.5. The summed E-state index contributed by atoms with van der Waals surface area (Å²) in [6.45, 7) is 6.16. The molecule has 2 nitrogen and oxygen atoms in total. The van der Waals surface area contributed by atoms with Crippen molar-refractivity contribution < 1.29 is 9.53 Å². The van der Waals surface area contributed by atoms with Crippen LogP contribution in [-0.4, -0.2) is 5.97 Å². The van der Waals surface area contributed by atoms with E-state index in [1.54, 1.807) is 0 Å². The molecule has 0 fully saturated rings. The summed E-state index contributed by atoms with van der Waals surface area (Å²) in [6.07, 6.45) is 5.76. The molecule has 2 heteroatoms. The molecule has 0 amide bonds. The molecule has 0 saturated heterocycles. The molecule has 0 bridgehead atoms. The Morgan fingerprint density at radius 2 is 2.31 bits per heavy atom. The zero-order valence-corrected chi connectivity index (χ0v) is 8.72. The molecule has 0 N–H and O–H groups in total. The van der Waals surface area contributed by atoms with Gasteiger partial charge < -0.3 is 4.74 Å². The van der Waals surface area contributed by atoms with Gasteiger partial charge in [0.15, 0.2) is 0 Å². The summed E-state index contributed by atoms with van der Waals surface area (Å²) < 4.78 is 5.20. The Balaban J connectivity index is 2.59. The number of hydrogen-bond acceptors (Lipinski definition) is 2. The molecule has 1 aliphatic carbocycles. The van der Waals surface area contributed by atoms with E-state index in [1.807, 2.05) is 6.92 Å². The highest BCUT2D eigenvalue weighted by Gasteiger charge is 2.22. The highest BCUT2D eigenvalue weighted by Crippen LogP contribution is 2.33. The van der Waals surface area contributed by atoms with Crippen LogP contribution in [0.15, 0.2) is 11.8 Å². The lowest BCUT2D eigenvalue weighted by Crippen LogP contribution is -2.15. The van der Waals surface area contributed by atoms with Gasteiger partial charge in [-0.2, -0.15) is 0 Å². The Hall–Kier alpha value is -0.790. The Kier molecular flexibility index (Phi) is 3.12. The lowest BCUT2D eigenvalue weighted by Gasteiger charge is -2.26. The molecule has 0 unspecified atom stereocenters. The van der Waals surface area contributed by atoms with Gasteiger partial charge in [-0.15, -0.1) is 0 Å². The number of rotatable bonds is 2. The fourth-order valence-corrected chi connectivity index (χ4v) is 1.60. The van der Waals surface area contributed by atoms with Gasteiger partial charge in [0.05, 0.1) is 0 Å². The van der Waals surface area contributed by atoms with Gasteiger partial charge in [-0.05, 0) is 24.3 Å². The molecular weight excluding hydrogens is 164 g/mol. The van der Waals surface area contributed by atoms with Crippen LogP contribution in [0.25, 0.3) is 0 Å². The van der Waals surface area contributed by atoms with E-state index in [-0.39, 0.29) is 11.4 Å². The van der Waals surface area contributed by atoms with Crippen LogP contribution in [0.1, 0.15) is 46.5 Å². The first kappa shape index (κ1) is 10.3. The third-order valence-electron chi connectivity index (χ3n) is 2.33. The smallest absolute Gasteiger partial charge is 0.310 e. The average molecular weight is 182 g/mol. The predicted molar refractivity (Wildman–Crippen MR) is 52.1 cm³/mol.